The number of rotatable bonds is 5. The summed E-state index contributed by atoms with van der Waals surface area (Å²) in [6.07, 6.45) is 3.37. The summed E-state index contributed by atoms with van der Waals surface area (Å²) in [4.78, 5) is 8.43. The summed E-state index contributed by atoms with van der Waals surface area (Å²) in [6.45, 7) is 2.58. The molecule has 0 amide bonds. The number of hydrogen-bond donors (Lipinski definition) is 3. The van der Waals surface area contributed by atoms with Crippen LogP contribution in [0.4, 0.5) is 0 Å². The van der Waals surface area contributed by atoms with Crippen molar-refractivity contribution in [3.8, 4) is 0 Å². The van der Waals surface area contributed by atoms with Crippen LogP contribution in [-0.4, -0.2) is 21.0 Å². The Morgan fingerprint density at radius 1 is 1.30 bits per heavy atom. The Labute approximate surface area is 117 Å². The first-order valence-corrected chi connectivity index (χ1v) is 6.28. The van der Waals surface area contributed by atoms with Crippen molar-refractivity contribution in [2.45, 2.75) is 19.5 Å². The highest BCUT2D eigenvalue weighted by Crippen LogP contribution is 2.11. The fraction of sp³-hybridized carbons (Fsp3) is 0.214. The predicted molar refractivity (Wildman–Crippen MR) is 76.2 cm³/mol. The number of nitrogens with one attached hydrogen (secondary N) is 1. The third kappa shape index (κ3) is 3.30. The average Bonchev–Trinajstić information content (AvgIpc) is 2.53. The van der Waals surface area contributed by atoms with Gasteiger partial charge in [-0.25, -0.2) is 0 Å². The number of pyridine rings is 2. The standard InChI is InChI=1S/C14H17N5O/c1-10(12-6-2-3-7-16-12)18-9-11-5-4-8-17-13(11)14(15)19-20/h2-8,10,18,20H,9H2,1H3,(H2,15,19)/t10-/m1/s1. The summed E-state index contributed by atoms with van der Waals surface area (Å²) < 4.78 is 0. The van der Waals surface area contributed by atoms with Gasteiger partial charge in [-0.15, -0.1) is 0 Å². The van der Waals surface area contributed by atoms with Crippen LogP contribution in [-0.2, 0) is 6.54 Å². The zero-order chi connectivity index (χ0) is 14.4. The average molecular weight is 271 g/mol. The van der Waals surface area contributed by atoms with Crippen LogP contribution in [0, 0.1) is 0 Å². The van der Waals surface area contributed by atoms with Crippen molar-refractivity contribution in [2.24, 2.45) is 10.9 Å². The summed E-state index contributed by atoms with van der Waals surface area (Å²) in [6, 6.07) is 9.59. The maximum absolute atomic E-state index is 8.76. The Kier molecular flexibility index (Phi) is 4.62. The zero-order valence-corrected chi connectivity index (χ0v) is 11.2. The van der Waals surface area contributed by atoms with Gasteiger partial charge < -0.3 is 16.3 Å². The number of oxime groups is 1. The van der Waals surface area contributed by atoms with E-state index >= 15 is 0 Å². The molecule has 0 aliphatic heterocycles. The molecule has 0 bridgehead atoms. The largest absolute Gasteiger partial charge is 0.409 e. The Hall–Kier alpha value is -2.47. The minimum atomic E-state index is 0.00730. The summed E-state index contributed by atoms with van der Waals surface area (Å²) in [5, 5.41) is 15.1. The molecule has 104 valence electrons. The summed E-state index contributed by atoms with van der Waals surface area (Å²) in [5.41, 5.74) is 7.92. The van der Waals surface area contributed by atoms with Crippen molar-refractivity contribution < 1.29 is 5.21 Å². The topological polar surface area (TPSA) is 96.4 Å². The molecule has 2 aromatic heterocycles. The van der Waals surface area contributed by atoms with E-state index in [-0.39, 0.29) is 11.9 Å². The van der Waals surface area contributed by atoms with Gasteiger partial charge in [0, 0.05) is 25.0 Å². The fourth-order valence-corrected chi connectivity index (χ4v) is 1.86. The molecule has 2 aromatic rings. The van der Waals surface area contributed by atoms with E-state index in [2.05, 4.69) is 20.4 Å². The molecule has 20 heavy (non-hydrogen) atoms. The van der Waals surface area contributed by atoms with Crippen molar-refractivity contribution >= 4 is 5.84 Å². The third-order valence-corrected chi connectivity index (χ3v) is 2.97. The highest BCUT2D eigenvalue weighted by molar-refractivity contribution is 5.96. The summed E-state index contributed by atoms with van der Waals surface area (Å²) >= 11 is 0. The van der Waals surface area contributed by atoms with Crippen LogP contribution in [0.15, 0.2) is 47.9 Å². The van der Waals surface area contributed by atoms with Crippen LogP contribution in [0.5, 0.6) is 0 Å². The van der Waals surface area contributed by atoms with Gasteiger partial charge in [0.1, 0.15) is 5.69 Å². The lowest BCUT2D eigenvalue weighted by Gasteiger charge is -2.14. The van der Waals surface area contributed by atoms with Crippen molar-refractivity contribution in [2.75, 3.05) is 0 Å². The van der Waals surface area contributed by atoms with Crippen LogP contribution in [0.2, 0.25) is 0 Å². The number of nitrogens with two attached hydrogens (primary N) is 1. The molecule has 0 radical (unpaired) electrons. The highest BCUT2D eigenvalue weighted by atomic mass is 16.4. The van der Waals surface area contributed by atoms with Crippen LogP contribution in [0.3, 0.4) is 0 Å². The van der Waals surface area contributed by atoms with Gasteiger partial charge in [-0.1, -0.05) is 17.3 Å². The Balaban J connectivity index is 2.08. The van der Waals surface area contributed by atoms with Gasteiger partial charge >= 0.3 is 0 Å². The molecule has 0 aliphatic rings. The number of amidine groups is 1. The van der Waals surface area contributed by atoms with Gasteiger partial charge in [-0.05, 0) is 30.7 Å². The Bertz CT molecular complexity index is 585. The minimum Gasteiger partial charge on any atom is -0.409 e. The highest BCUT2D eigenvalue weighted by Gasteiger charge is 2.10. The van der Waals surface area contributed by atoms with Gasteiger partial charge in [-0.2, -0.15) is 0 Å². The molecule has 2 heterocycles. The molecule has 4 N–H and O–H groups in total. The van der Waals surface area contributed by atoms with Gasteiger partial charge in [0.2, 0.25) is 0 Å². The smallest absolute Gasteiger partial charge is 0.189 e. The van der Waals surface area contributed by atoms with Crippen molar-refractivity contribution in [3.63, 3.8) is 0 Å². The lowest BCUT2D eigenvalue weighted by Crippen LogP contribution is -2.23. The molecule has 0 aliphatic carbocycles. The second-order valence-electron chi connectivity index (χ2n) is 4.35. The van der Waals surface area contributed by atoms with Crippen molar-refractivity contribution in [1.82, 2.24) is 15.3 Å². The zero-order valence-electron chi connectivity index (χ0n) is 11.2. The number of nitrogens with zero attached hydrogens (tertiary/aromatic N) is 3. The normalized spacial score (nSPS) is 13.2. The number of hydrogen-bond acceptors (Lipinski definition) is 5. The van der Waals surface area contributed by atoms with Crippen molar-refractivity contribution in [1.29, 1.82) is 0 Å². The molecule has 6 nitrogen and oxygen atoms in total. The first-order chi connectivity index (χ1) is 9.72. The quantitative estimate of drug-likeness (QED) is 0.331. The predicted octanol–water partition coefficient (Wildman–Crippen LogP) is 1.42. The van der Waals surface area contributed by atoms with E-state index in [1.54, 1.807) is 12.4 Å². The molecule has 0 saturated carbocycles. The first-order valence-electron chi connectivity index (χ1n) is 6.28. The second-order valence-corrected chi connectivity index (χ2v) is 4.35. The van der Waals surface area contributed by atoms with E-state index in [4.69, 9.17) is 10.9 Å². The van der Waals surface area contributed by atoms with Crippen LogP contribution in [0.25, 0.3) is 0 Å². The summed E-state index contributed by atoms with van der Waals surface area (Å²) in [5.74, 6) is 0.00730. The van der Waals surface area contributed by atoms with Gasteiger partial charge in [-0.3, -0.25) is 9.97 Å². The molecule has 0 saturated heterocycles. The van der Waals surface area contributed by atoms with Crippen LogP contribution >= 0.6 is 0 Å². The van der Waals surface area contributed by atoms with Crippen LogP contribution < -0.4 is 11.1 Å². The summed E-state index contributed by atoms with van der Waals surface area (Å²) in [7, 11) is 0. The SMILES string of the molecule is C[C@@H](NCc1cccnc1/C(N)=N/O)c1ccccn1. The molecule has 0 fully saturated rings. The lowest BCUT2D eigenvalue weighted by atomic mass is 10.1. The third-order valence-electron chi connectivity index (χ3n) is 2.97. The maximum atomic E-state index is 8.76. The molecule has 2 rings (SSSR count). The molecular weight excluding hydrogens is 254 g/mol. The van der Waals surface area contributed by atoms with Gasteiger partial charge in [0.15, 0.2) is 5.84 Å². The number of aromatic nitrogens is 2. The monoisotopic (exact) mass is 271 g/mol. The van der Waals surface area contributed by atoms with Gasteiger partial charge in [0.25, 0.3) is 0 Å². The molecular formula is C14H17N5O. The Morgan fingerprint density at radius 3 is 2.80 bits per heavy atom. The Morgan fingerprint density at radius 2 is 2.10 bits per heavy atom. The molecule has 0 unspecified atom stereocenters. The molecule has 1 atom stereocenters. The maximum Gasteiger partial charge on any atom is 0.189 e. The molecule has 0 spiro atoms. The second kappa shape index (κ2) is 6.63. The molecule has 6 heteroatoms. The van der Waals surface area contributed by atoms with E-state index < -0.39 is 0 Å². The van der Waals surface area contributed by atoms with E-state index in [1.165, 1.54) is 0 Å². The fourth-order valence-electron chi connectivity index (χ4n) is 1.86. The lowest BCUT2D eigenvalue weighted by molar-refractivity contribution is 0.318. The van der Waals surface area contributed by atoms with Crippen molar-refractivity contribution in [3.05, 3.63) is 59.7 Å². The van der Waals surface area contributed by atoms with Crippen LogP contribution in [0.1, 0.15) is 29.9 Å². The van der Waals surface area contributed by atoms with E-state index in [1.807, 2.05) is 37.3 Å². The van der Waals surface area contributed by atoms with E-state index in [9.17, 15) is 0 Å². The van der Waals surface area contributed by atoms with E-state index in [0.29, 0.717) is 12.2 Å². The van der Waals surface area contributed by atoms with E-state index in [0.717, 1.165) is 11.3 Å². The minimum absolute atomic E-state index is 0.00730. The van der Waals surface area contributed by atoms with Gasteiger partial charge in [0.05, 0.1) is 5.69 Å². The first kappa shape index (κ1) is 14.0. The molecule has 0 aromatic carbocycles.